The molecule has 0 bridgehead atoms. The molecule has 17 heavy (non-hydrogen) atoms. The highest BCUT2D eigenvalue weighted by Gasteiger charge is 2.40. The maximum Gasteiger partial charge on any atom is 0.144 e. The van der Waals surface area contributed by atoms with Crippen molar-refractivity contribution in [3.8, 4) is 0 Å². The number of nitrogens with two attached hydrogens (primary N) is 1. The number of rotatable bonds is 4. The predicted octanol–water partition coefficient (Wildman–Crippen LogP) is 2.51. The van der Waals surface area contributed by atoms with E-state index in [0.717, 1.165) is 18.8 Å². The highest BCUT2D eigenvalue weighted by molar-refractivity contribution is 5.01. The molecule has 0 aromatic carbocycles. The molecule has 2 N–H and O–H groups in total. The van der Waals surface area contributed by atoms with Crippen LogP contribution < -0.4 is 5.73 Å². The normalized spacial score (nSPS) is 25.1. The molecule has 4 nitrogen and oxygen atoms in total. The topological polar surface area (TPSA) is 56.7 Å². The van der Waals surface area contributed by atoms with Gasteiger partial charge in [-0.25, -0.2) is 9.67 Å². The Morgan fingerprint density at radius 1 is 1.59 bits per heavy atom. The third-order valence-electron chi connectivity index (χ3n) is 4.15. The van der Waals surface area contributed by atoms with Crippen LogP contribution in [0, 0.1) is 11.3 Å². The largest absolute Gasteiger partial charge is 0.321 e. The number of hydrogen-bond donors (Lipinski definition) is 1. The average Bonchev–Trinajstić information content (AvgIpc) is 2.84. The summed E-state index contributed by atoms with van der Waals surface area (Å²) in [6.45, 7) is 7.71. The van der Waals surface area contributed by atoms with Gasteiger partial charge in [-0.15, -0.1) is 0 Å². The predicted molar refractivity (Wildman–Crippen MR) is 68.4 cm³/mol. The van der Waals surface area contributed by atoms with E-state index in [1.165, 1.54) is 19.3 Å². The van der Waals surface area contributed by atoms with Crippen LogP contribution in [0.4, 0.5) is 0 Å². The van der Waals surface area contributed by atoms with Gasteiger partial charge >= 0.3 is 0 Å². The van der Waals surface area contributed by atoms with E-state index >= 15 is 0 Å². The van der Waals surface area contributed by atoms with Crippen molar-refractivity contribution in [2.45, 2.75) is 59.0 Å². The van der Waals surface area contributed by atoms with E-state index < -0.39 is 0 Å². The van der Waals surface area contributed by atoms with Crippen LogP contribution >= 0.6 is 0 Å². The summed E-state index contributed by atoms with van der Waals surface area (Å²) in [7, 11) is 0. The fourth-order valence-electron chi connectivity index (χ4n) is 3.11. The molecule has 4 heteroatoms. The first-order chi connectivity index (χ1) is 8.06. The second kappa shape index (κ2) is 4.77. The van der Waals surface area contributed by atoms with Crippen molar-refractivity contribution in [3.63, 3.8) is 0 Å². The first-order valence-corrected chi connectivity index (χ1v) is 6.69. The summed E-state index contributed by atoms with van der Waals surface area (Å²) in [5.41, 5.74) is 6.76. The summed E-state index contributed by atoms with van der Waals surface area (Å²) < 4.78 is 1.97. The van der Waals surface area contributed by atoms with Gasteiger partial charge in [-0.3, -0.25) is 0 Å². The third-order valence-corrected chi connectivity index (χ3v) is 4.15. The Morgan fingerprint density at radius 3 is 2.94 bits per heavy atom. The number of aryl methyl sites for hydroxylation is 1. The summed E-state index contributed by atoms with van der Waals surface area (Å²) in [4.78, 5) is 4.37. The molecule has 0 aliphatic heterocycles. The van der Waals surface area contributed by atoms with Gasteiger partial charge in [0.15, 0.2) is 0 Å². The Kier molecular flexibility index (Phi) is 3.52. The van der Waals surface area contributed by atoms with Gasteiger partial charge in [0.1, 0.15) is 12.2 Å². The molecule has 0 spiro atoms. The first-order valence-electron chi connectivity index (χ1n) is 6.69. The van der Waals surface area contributed by atoms with Gasteiger partial charge in [-0.05, 0) is 30.6 Å². The molecule has 1 saturated carbocycles. The summed E-state index contributed by atoms with van der Waals surface area (Å²) >= 11 is 0. The Hall–Kier alpha value is -0.900. The molecule has 2 atom stereocenters. The SMILES string of the molecule is CCCn1ncnc1C(N)C1CCCC1(C)C. The molecule has 1 aliphatic rings. The van der Waals surface area contributed by atoms with Crippen molar-refractivity contribution < 1.29 is 0 Å². The van der Waals surface area contributed by atoms with E-state index in [9.17, 15) is 0 Å². The number of aromatic nitrogens is 3. The lowest BCUT2D eigenvalue weighted by Crippen LogP contribution is -2.32. The molecule has 2 rings (SSSR count). The molecule has 0 amide bonds. The molecule has 2 unspecified atom stereocenters. The van der Waals surface area contributed by atoms with E-state index in [2.05, 4.69) is 30.9 Å². The summed E-state index contributed by atoms with van der Waals surface area (Å²) in [6, 6.07) is 0.0292. The highest BCUT2D eigenvalue weighted by atomic mass is 15.3. The van der Waals surface area contributed by atoms with Crippen LogP contribution in [0.2, 0.25) is 0 Å². The van der Waals surface area contributed by atoms with Crippen LogP contribution in [-0.4, -0.2) is 14.8 Å². The van der Waals surface area contributed by atoms with Crippen molar-refractivity contribution in [1.82, 2.24) is 14.8 Å². The fourth-order valence-corrected chi connectivity index (χ4v) is 3.11. The van der Waals surface area contributed by atoms with Crippen LogP contribution in [-0.2, 0) is 6.54 Å². The molecule has 96 valence electrons. The standard InChI is InChI=1S/C13H24N4/c1-4-8-17-12(15-9-16-17)11(14)10-6-5-7-13(10,2)3/h9-11H,4-8,14H2,1-3H3. The zero-order chi connectivity index (χ0) is 12.5. The van der Waals surface area contributed by atoms with Gasteiger partial charge in [-0.1, -0.05) is 27.2 Å². The van der Waals surface area contributed by atoms with E-state index in [0.29, 0.717) is 11.3 Å². The van der Waals surface area contributed by atoms with Gasteiger partial charge in [-0.2, -0.15) is 5.10 Å². The van der Waals surface area contributed by atoms with Crippen molar-refractivity contribution in [1.29, 1.82) is 0 Å². The second-order valence-corrected chi connectivity index (χ2v) is 5.85. The molecule has 0 saturated heterocycles. The van der Waals surface area contributed by atoms with Gasteiger partial charge in [0.25, 0.3) is 0 Å². The third kappa shape index (κ3) is 2.37. The summed E-state index contributed by atoms with van der Waals surface area (Å²) in [5.74, 6) is 1.49. The van der Waals surface area contributed by atoms with Crippen molar-refractivity contribution in [2.24, 2.45) is 17.1 Å². The minimum atomic E-state index is 0.0292. The monoisotopic (exact) mass is 236 g/mol. The van der Waals surface area contributed by atoms with E-state index in [4.69, 9.17) is 5.73 Å². The van der Waals surface area contributed by atoms with Gasteiger partial charge in [0.05, 0.1) is 6.04 Å². The Labute approximate surface area is 104 Å². The molecular formula is C13H24N4. The highest BCUT2D eigenvalue weighted by Crippen LogP contribution is 2.47. The smallest absolute Gasteiger partial charge is 0.144 e. The Morgan fingerprint density at radius 2 is 2.35 bits per heavy atom. The van der Waals surface area contributed by atoms with Crippen LogP contribution in [0.3, 0.4) is 0 Å². The van der Waals surface area contributed by atoms with Crippen LogP contribution in [0.1, 0.15) is 58.3 Å². The van der Waals surface area contributed by atoms with E-state index in [1.54, 1.807) is 6.33 Å². The van der Waals surface area contributed by atoms with Crippen molar-refractivity contribution >= 4 is 0 Å². The van der Waals surface area contributed by atoms with Gasteiger partial charge in [0.2, 0.25) is 0 Å². The zero-order valence-electron chi connectivity index (χ0n) is 11.2. The van der Waals surface area contributed by atoms with E-state index in [-0.39, 0.29) is 6.04 Å². The second-order valence-electron chi connectivity index (χ2n) is 5.85. The minimum absolute atomic E-state index is 0.0292. The molecule has 1 aromatic rings. The molecule has 1 heterocycles. The summed E-state index contributed by atoms with van der Waals surface area (Å²) in [5, 5.41) is 4.27. The molecular weight excluding hydrogens is 212 g/mol. The van der Waals surface area contributed by atoms with Crippen LogP contribution in [0.15, 0.2) is 6.33 Å². The quantitative estimate of drug-likeness (QED) is 0.874. The van der Waals surface area contributed by atoms with Gasteiger partial charge < -0.3 is 5.73 Å². The first kappa shape index (κ1) is 12.6. The van der Waals surface area contributed by atoms with Crippen molar-refractivity contribution in [3.05, 3.63) is 12.2 Å². The maximum atomic E-state index is 6.43. The summed E-state index contributed by atoms with van der Waals surface area (Å²) in [6.07, 6.45) is 6.47. The Bertz CT molecular complexity index is 369. The van der Waals surface area contributed by atoms with Crippen LogP contribution in [0.25, 0.3) is 0 Å². The molecule has 1 aliphatic carbocycles. The number of nitrogens with zero attached hydrogens (tertiary/aromatic N) is 3. The molecule has 1 fully saturated rings. The minimum Gasteiger partial charge on any atom is -0.321 e. The number of hydrogen-bond acceptors (Lipinski definition) is 3. The average molecular weight is 236 g/mol. The Balaban J connectivity index is 2.18. The maximum absolute atomic E-state index is 6.43. The van der Waals surface area contributed by atoms with Crippen molar-refractivity contribution in [2.75, 3.05) is 0 Å². The molecule has 0 radical (unpaired) electrons. The van der Waals surface area contributed by atoms with E-state index in [1.807, 2.05) is 4.68 Å². The lowest BCUT2D eigenvalue weighted by Gasteiger charge is -2.31. The lowest BCUT2D eigenvalue weighted by molar-refractivity contribution is 0.213. The molecule has 1 aromatic heterocycles. The van der Waals surface area contributed by atoms with Crippen LogP contribution in [0.5, 0.6) is 0 Å². The lowest BCUT2D eigenvalue weighted by atomic mass is 9.77. The zero-order valence-corrected chi connectivity index (χ0v) is 11.2. The van der Waals surface area contributed by atoms with Gasteiger partial charge in [0, 0.05) is 6.54 Å². The fraction of sp³-hybridized carbons (Fsp3) is 0.846.